The normalized spacial score (nSPS) is 22.1. The minimum atomic E-state index is -3.42. The number of sulfonamides is 1. The monoisotopic (exact) mass is 295 g/mol. The Balaban J connectivity index is 2.28. The first-order valence-corrected chi connectivity index (χ1v) is 8.69. The molecule has 1 unspecified atom stereocenters. The molecule has 0 spiro atoms. The molecule has 1 N–H and O–H groups in total. The summed E-state index contributed by atoms with van der Waals surface area (Å²) in [7, 11) is -3.42. The van der Waals surface area contributed by atoms with Gasteiger partial charge in [-0.25, -0.2) is 13.1 Å². The lowest BCUT2D eigenvalue weighted by Gasteiger charge is -2.19. The van der Waals surface area contributed by atoms with E-state index in [1.54, 1.807) is 0 Å². The number of nitrogens with one attached hydrogen (secondary N) is 1. The van der Waals surface area contributed by atoms with E-state index in [2.05, 4.69) is 18.6 Å². The quantitative estimate of drug-likeness (QED) is 0.928. The van der Waals surface area contributed by atoms with Crippen LogP contribution >= 0.6 is 0 Å². The molecule has 0 bridgehead atoms. The Morgan fingerprint density at radius 3 is 2.15 bits per heavy atom. The fourth-order valence-electron chi connectivity index (χ4n) is 3.41. The molecular formula is C16H25NO2S. The highest BCUT2D eigenvalue weighted by Crippen LogP contribution is 2.37. The van der Waals surface area contributed by atoms with E-state index in [1.165, 1.54) is 0 Å². The summed E-state index contributed by atoms with van der Waals surface area (Å²) in [5.74, 6) is 0. The van der Waals surface area contributed by atoms with Gasteiger partial charge in [-0.3, -0.25) is 0 Å². The van der Waals surface area contributed by atoms with Crippen molar-refractivity contribution in [2.45, 2.75) is 64.8 Å². The van der Waals surface area contributed by atoms with Gasteiger partial charge >= 0.3 is 0 Å². The molecule has 0 aliphatic heterocycles. The molecule has 2 rings (SSSR count). The topological polar surface area (TPSA) is 46.2 Å². The molecule has 1 fully saturated rings. The summed E-state index contributed by atoms with van der Waals surface area (Å²) < 4.78 is 28.2. The standard InChI is InChI=1S/C16H25NO2S/c1-11-8-12(2)15(13(3)9-11)20(18,19)17-14-6-7-16(4,5)10-14/h8-9,14,17H,6-7,10H2,1-5H3. The molecule has 0 amide bonds. The van der Waals surface area contributed by atoms with Gasteiger partial charge in [0.15, 0.2) is 0 Å². The lowest BCUT2D eigenvalue weighted by atomic mass is 9.92. The van der Waals surface area contributed by atoms with Gasteiger partial charge in [0.05, 0.1) is 4.90 Å². The summed E-state index contributed by atoms with van der Waals surface area (Å²) in [6, 6.07) is 3.93. The number of aryl methyl sites for hydroxylation is 3. The Morgan fingerprint density at radius 2 is 1.70 bits per heavy atom. The molecule has 4 heteroatoms. The van der Waals surface area contributed by atoms with Crippen LogP contribution in [0.3, 0.4) is 0 Å². The van der Waals surface area contributed by atoms with Crippen LogP contribution < -0.4 is 4.72 Å². The zero-order valence-corrected chi connectivity index (χ0v) is 13.9. The third kappa shape index (κ3) is 3.23. The number of hydrogen-bond acceptors (Lipinski definition) is 2. The number of benzene rings is 1. The summed E-state index contributed by atoms with van der Waals surface area (Å²) in [5.41, 5.74) is 2.99. The molecule has 1 saturated carbocycles. The van der Waals surface area contributed by atoms with E-state index in [0.717, 1.165) is 36.0 Å². The highest BCUT2D eigenvalue weighted by Gasteiger charge is 2.34. The van der Waals surface area contributed by atoms with Gasteiger partial charge in [-0.1, -0.05) is 31.5 Å². The van der Waals surface area contributed by atoms with Crippen molar-refractivity contribution in [3.8, 4) is 0 Å². The fourth-order valence-corrected chi connectivity index (χ4v) is 5.13. The molecule has 0 saturated heterocycles. The highest BCUT2D eigenvalue weighted by atomic mass is 32.2. The number of rotatable bonds is 3. The van der Waals surface area contributed by atoms with E-state index < -0.39 is 10.0 Å². The molecule has 1 aliphatic rings. The van der Waals surface area contributed by atoms with Crippen LogP contribution in [0, 0.1) is 26.2 Å². The van der Waals surface area contributed by atoms with Crippen LogP contribution in [0.4, 0.5) is 0 Å². The van der Waals surface area contributed by atoms with Gasteiger partial charge in [0, 0.05) is 6.04 Å². The third-order valence-electron chi connectivity index (χ3n) is 4.16. The van der Waals surface area contributed by atoms with E-state index in [0.29, 0.717) is 4.90 Å². The van der Waals surface area contributed by atoms with Crippen LogP contribution in [-0.2, 0) is 10.0 Å². The Kier molecular flexibility index (Phi) is 4.00. The van der Waals surface area contributed by atoms with Gasteiger partial charge < -0.3 is 0 Å². The average Bonchev–Trinajstić information content (AvgIpc) is 2.54. The van der Waals surface area contributed by atoms with Crippen molar-refractivity contribution < 1.29 is 8.42 Å². The predicted molar refractivity (Wildman–Crippen MR) is 82.4 cm³/mol. The summed E-state index contributed by atoms with van der Waals surface area (Å²) in [6.45, 7) is 10.1. The van der Waals surface area contributed by atoms with Crippen LogP contribution in [-0.4, -0.2) is 14.5 Å². The SMILES string of the molecule is Cc1cc(C)c(S(=O)(=O)NC2CCC(C)(C)C2)c(C)c1. The summed E-state index contributed by atoms with van der Waals surface area (Å²) in [4.78, 5) is 0.452. The van der Waals surface area contributed by atoms with Gasteiger partial charge in [-0.2, -0.15) is 0 Å². The van der Waals surface area contributed by atoms with Gasteiger partial charge in [0.2, 0.25) is 10.0 Å². The molecular weight excluding hydrogens is 270 g/mol. The summed E-state index contributed by atoms with van der Waals surface area (Å²) in [5, 5.41) is 0. The smallest absolute Gasteiger partial charge is 0.208 e. The van der Waals surface area contributed by atoms with Crippen LogP contribution in [0.1, 0.15) is 49.8 Å². The van der Waals surface area contributed by atoms with E-state index in [9.17, 15) is 8.42 Å². The molecule has 1 aliphatic carbocycles. The molecule has 0 heterocycles. The Labute approximate surface area is 122 Å². The van der Waals surface area contributed by atoms with Crippen molar-refractivity contribution in [3.05, 3.63) is 28.8 Å². The third-order valence-corrected chi connectivity index (χ3v) is 5.99. The van der Waals surface area contributed by atoms with E-state index in [1.807, 2.05) is 32.9 Å². The molecule has 1 atom stereocenters. The maximum Gasteiger partial charge on any atom is 0.241 e. The molecule has 112 valence electrons. The Morgan fingerprint density at radius 1 is 1.15 bits per heavy atom. The second-order valence-electron chi connectivity index (χ2n) is 6.95. The van der Waals surface area contributed by atoms with Crippen molar-refractivity contribution in [2.24, 2.45) is 5.41 Å². The van der Waals surface area contributed by atoms with Crippen molar-refractivity contribution in [2.75, 3.05) is 0 Å². The molecule has 20 heavy (non-hydrogen) atoms. The van der Waals surface area contributed by atoms with Gasteiger partial charge in [0.25, 0.3) is 0 Å². The van der Waals surface area contributed by atoms with Gasteiger partial charge in [-0.15, -0.1) is 0 Å². The molecule has 0 aromatic heterocycles. The highest BCUT2D eigenvalue weighted by molar-refractivity contribution is 7.89. The fraction of sp³-hybridized carbons (Fsp3) is 0.625. The van der Waals surface area contributed by atoms with Crippen molar-refractivity contribution in [3.63, 3.8) is 0 Å². The lowest BCUT2D eigenvalue weighted by Crippen LogP contribution is -2.34. The second-order valence-corrected chi connectivity index (χ2v) is 8.60. The Bertz CT molecular complexity index is 594. The summed E-state index contributed by atoms with van der Waals surface area (Å²) >= 11 is 0. The molecule has 0 radical (unpaired) electrons. The van der Waals surface area contributed by atoms with Crippen LogP contribution in [0.5, 0.6) is 0 Å². The van der Waals surface area contributed by atoms with E-state index in [-0.39, 0.29) is 11.5 Å². The summed E-state index contributed by atoms with van der Waals surface area (Å²) in [6.07, 6.45) is 2.92. The van der Waals surface area contributed by atoms with Crippen molar-refractivity contribution in [1.29, 1.82) is 0 Å². The largest absolute Gasteiger partial charge is 0.241 e. The van der Waals surface area contributed by atoms with E-state index in [4.69, 9.17) is 0 Å². The Hall–Kier alpha value is -0.870. The van der Waals surface area contributed by atoms with Crippen molar-refractivity contribution in [1.82, 2.24) is 4.72 Å². The van der Waals surface area contributed by atoms with Gasteiger partial charge in [-0.05, 0) is 56.6 Å². The predicted octanol–water partition coefficient (Wildman–Crippen LogP) is 3.47. The number of hydrogen-bond donors (Lipinski definition) is 1. The molecule has 1 aromatic rings. The van der Waals surface area contributed by atoms with E-state index >= 15 is 0 Å². The van der Waals surface area contributed by atoms with Crippen LogP contribution in [0.2, 0.25) is 0 Å². The second kappa shape index (κ2) is 5.15. The maximum atomic E-state index is 12.6. The van der Waals surface area contributed by atoms with Crippen LogP contribution in [0.25, 0.3) is 0 Å². The first-order valence-electron chi connectivity index (χ1n) is 7.21. The first-order chi connectivity index (χ1) is 9.11. The average molecular weight is 295 g/mol. The minimum absolute atomic E-state index is 0.0649. The minimum Gasteiger partial charge on any atom is -0.208 e. The molecule has 1 aromatic carbocycles. The van der Waals surface area contributed by atoms with Crippen LogP contribution in [0.15, 0.2) is 17.0 Å². The lowest BCUT2D eigenvalue weighted by molar-refractivity contribution is 0.372. The maximum absolute atomic E-state index is 12.6. The molecule has 3 nitrogen and oxygen atoms in total. The van der Waals surface area contributed by atoms with Crippen molar-refractivity contribution >= 4 is 10.0 Å². The zero-order valence-electron chi connectivity index (χ0n) is 13.1. The zero-order chi connectivity index (χ0) is 15.1. The van der Waals surface area contributed by atoms with Gasteiger partial charge in [0.1, 0.15) is 0 Å². The first kappa shape index (κ1) is 15.5.